The fraction of sp³-hybridized carbons (Fsp3) is 0.417. The van der Waals surface area contributed by atoms with Gasteiger partial charge in [0.1, 0.15) is 35.5 Å². The first-order chi connectivity index (χ1) is 18.9. The number of β-lactam (4-membered cyclic amide) rings is 1. The van der Waals surface area contributed by atoms with Gasteiger partial charge in [-0.15, -0.1) is 34.4 Å². The number of carboxylic acids is 1. The summed E-state index contributed by atoms with van der Waals surface area (Å²) in [6.07, 6.45) is -0.712. The number of thioether (sulfide) groups is 1. The van der Waals surface area contributed by atoms with Crippen molar-refractivity contribution in [1.82, 2.24) is 15.2 Å². The number of aliphatic carboxylic acids is 1. The summed E-state index contributed by atoms with van der Waals surface area (Å²) >= 11 is 3.83. The number of rotatable bonds is 9. The Morgan fingerprint density at radius 2 is 2.00 bits per heavy atom. The molecule has 16 heteroatoms. The molecule has 2 aromatic heterocycles. The molecular weight excluding hydrogens is 582 g/mol. The van der Waals surface area contributed by atoms with Gasteiger partial charge in [-0.3, -0.25) is 19.8 Å². The average molecular weight is 610 g/mol. The number of nitrogens with zero attached hydrogens (tertiary/aromatic N) is 3. The van der Waals surface area contributed by atoms with Crippen LogP contribution in [0.2, 0.25) is 0 Å². The van der Waals surface area contributed by atoms with Crippen molar-refractivity contribution in [3.8, 4) is 0 Å². The lowest BCUT2D eigenvalue weighted by atomic mass is 9.99. The van der Waals surface area contributed by atoms with Crippen LogP contribution in [0.1, 0.15) is 36.9 Å². The zero-order valence-electron chi connectivity index (χ0n) is 22.2. The van der Waals surface area contributed by atoms with Crippen molar-refractivity contribution in [2.24, 2.45) is 5.16 Å². The molecule has 0 bridgehead atoms. The first-order valence-electron chi connectivity index (χ1n) is 11.8. The Hall–Kier alpha value is -3.47. The molecular formula is C24H27N5O8S3. The van der Waals surface area contributed by atoms with Crippen molar-refractivity contribution >= 4 is 74.7 Å². The smallest absolute Gasteiger partial charge is 0.413 e. The van der Waals surface area contributed by atoms with Crippen molar-refractivity contribution in [2.45, 2.75) is 44.4 Å². The van der Waals surface area contributed by atoms with Crippen LogP contribution in [-0.2, 0) is 35.3 Å². The van der Waals surface area contributed by atoms with E-state index in [1.165, 1.54) is 40.5 Å². The Balaban J connectivity index is 1.50. The summed E-state index contributed by atoms with van der Waals surface area (Å²) in [5.41, 5.74) is 0.309. The van der Waals surface area contributed by atoms with E-state index >= 15 is 0 Å². The van der Waals surface area contributed by atoms with Gasteiger partial charge < -0.3 is 24.7 Å². The molecule has 0 saturated carbocycles. The molecule has 0 spiro atoms. The number of amides is 3. The maximum absolute atomic E-state index is 13.2. The highest BCUT2D eigenvalue weighted by molar-refractivity contribution is 8.00. The molecule has 2 aliphatic heterocycles. The molecule has 1 fully saturated rings. The Kier molecular flexibility index (Phi) is 8.82. The summed E-state index contributed by atoms with van der Waals surface area (Å²) < 4.78 is 10.4. The quantitative estimate of drug-likeness (QED) is 0.218. The Morgan fingerprint density at radius 1 is 1.25 bits per heavy atom. The lowest BCUT2D eigenvalue weighted by Gasteiger charge is -2.49. The largest absolute Gasteiger partial charge is 0.477 e. The van der Waals surface area contributed by atoms with Gasteiger partial charge in [0.05, 0.1) is 6.61 Å². The maximum atomic E-state index is 13.2. The Labute approximate surface area is 241 Å². The summed E-state index contributed by atoms with van der Waals surface area (Å²) in [6.45, 7) is 5.48. The maximum Gasteiger partial charge on any atom is 0.413 e. The standard InChI is InChI=1S/C24H27N5O8S3/c1-24(2,3)37-23(34)27-22-25-13(10-40-22)15(28-36-5)18(30)26-16-19(31)29-17(21(32)33)12(9-39-20(16)29)11-6-7-38-14(11)8-35-4/h6-7,10,16,20H,8-9H2,1-5H3,(H,26,30)(H,32,33)(H,25,27,34)/t16-,20+/m1/s1. The number of thiophene rings is 1. The number of aromatic nitrogens is 1. The van der Waals surface area contributed by atoms with E-state index in [-0.39, 0.29) is 22.2 Å². The number of carbonyl (C=O) groups is 4. The highest BCUT2D eigenvalue weighted by Gasteiger charge is 2.54. The average Bonchev–Trinajstić information content (AvgIpc) is 3.53. The second kappa shape index (κ2) is 12.0. The zero-order valence-corrected chi connectivity index (χ0v) is 24.6. The SMILES string of the molecule is COCc1sccc1C1=C(C(=O)O)N2C(=O)[C@@H](NC(=O)C(=NOC)c3csc(NC(=O)OC(C)(C)C)n3)[C@@H]2SC1. The molecule has 4 rings (SSSR count). The highest BCUT2D eigenvalue weighted by atomic mass is 32.2. The van der Waals surface area contributed by atoms with Crippen LogP contribution in [0.25, 0.3) is 5.57 Å². The zero-order chi connectivity index (χ0) is 29.2. The third kappa shape index (κ3) is 6.14. The number of oxime groups is 1. The van der Waals surface area contributed by atoms with E-state index < -0.39 is 40.9 Å². The monoisotopic (exact) mass is 609 g/mol. The highest BCUT2D eigenvalue weighted by Crippen LogP contribution is 2.44. The van der Waals surface area contributed by atoms with Crippen LogP contribution in [0.5, 0.6) is 0 Å². The van der Waals surface area contributed by atoms with Crippen LogP contribution in [0, 0.1) is 0 Å². The number of thiazole rings is 1. The van der Waals surface area contributed by atoms with Gasteiger partial charge in [0, 0.05) is 28.7 Å². The minimum absolute atomic E-state index is 0.104. The van der Waals surface area contributed by atoms with E-state index in [9.17, 15) is 24.3 Å². The summed E-state index contributed by atoms with van der Waals surface area (Å²) in [5, 5.41) is 21.8. The van der Waals surface area contributed by atoms with Crippen LogP contribution in [0.15, 0.2) is 27.7 Å². The molecule has 2 aliphatic rings. The van der Waals surface area contributed by atoms with Crippen LogP contribution in [0.4, 0.5) is 9.93 Å². The molecule has 3 amide bonds. The van der Waals surface area contributed by atoms with Gasteiger partial charge in [0.25, 0.3) is 11.8 Å². The van der Waals surface area contributed by atoms with Crippen molar-refractivity contribution in [1.29, 1.82) is 0 Å². The Bertz CT molecular complexity index is 1390. The third-order valence-electron chi connectivity index (χ3n) is 5.56. The van der Waals surface area contributed by atoms with Gasteiger partial charge >= 0.3 is 12.1 Å². The van der Waals surface area contributed by atoms with Gasteiger partial charge in [-0.2, -0.15) is 0 Å². The van der Waals surface area contributed by atoms with Gasteiger partial charge in [-0.05, 0) is 37.8 Å². The normalized spacial score (nSPS) is 19.1. The van der Waals surface area contributed by atoms with E-state index in [4.69, 9.17) is 14.3 Å². The number of carbonyl (C=O) groups excluding carboxylic acids is 3. The first kappa shape index (κ1) is 29.5. The molecule has 214 valence electrons. The van der Waals surface area contributed by atoms with Crippen LogP contribution in [0.3, 0.4) is 0 Å². The minimum atomic E-state index is -1.23. The second-order valence-electron chi connectivity index (χ2n) is 9.47. The van der Waals surface area contributed by atoms with Crippen molar-refractivity contribution in [3.63, 3.8) is 0 Å². The van der Waals surface area contributed by atoms with Crippen molar-refractivity contribution < 1.29 is 38.6 Å². The van der Waals surface area contributed by atoms with E-state index in [0.29, 0.717) is 17.9 Å². The van der Waals surface area contributed by atoms with E-state index in [0.717, 1.165) is 21.8 Å². The van der Waals surface area contributed by atoms with Gasteiger partial charge in [-0.1, -0.05) is 5.16 Å². The molecule has 1 saturated heterocycles. The second-order valence-corrected chi connectivity index (χ2v) is 12.4. The number of nitrogens with one attached hydrogen (secondary N) is 2. The molecule has 0 unspecified atom stereocenters. The molecule has 0 aromatic carbocycles. The third-order valence-corrected chi connectivity index (χ3v) is 8.49. The lowest BCUT2D eigenvalue weighted by Crippen LogP contribution is -2.71. The van der Waals surface area contributed by atoms with Gasteiger partial charge in [0.2, 0.25) is 0 Å². The predicted molar refractivity (Wildman–Crippen MR) is 150 cm³/mol. The molecule has 0 radical (unpaired) electrons. The fourth-order valence-corrected chi connectivity index (χ4v) is 6.93. The summed E-state index contributed by atoms with van der Waals surface area (Å²) in [4.78, 5) is 61.7. The van der Waals surface area contributed by atoms with E-state index in [1.807, 2.05) is 11.4 Å². The minimum Gasteiger partial charge on any atom is -0.477 e. The molecule has 2 atom stereocenters. The van der Waals surface area contributed by atoms with Crippen LogP contribution >= 0.6 is 34.4 Å². The summed E-state index contributed by atoms with van der Waals surface area (Å²) in [7, 11) is 2.81. The molecule has 0 aliphatic carbocycles. The number of carboxylic acid groups (broad SMARTS) is 1. The molecule has 3 N–H and O–H groups in total. The molecule has 13 nitrogen and oxygen atoms in total. The van der Waals surface area contributed by atoms with Crippen molar-refractivity contribution in [2.75, 3.05) is 25.3 Å². The number of fused-ring (bicyclic) bond motifs is 1. The molecule has 40 heavy (non-hydrogen) atoms. The van der Waals surface area contributed by atoms with E-state index in [2.05, 4.69) is 20.8 Å². The Morgan fingerprint density at radius 3 is 2.65 bits per heavy atom. The number of hydrogen-bond acceptors (Lipinski definition) is 12. The van der Waals surface area contributed by atoms with Gasteiger partial charge in [-0.25, -0.2) is 14.6 Å². The summed E-state index contributed by atoms with van der Waals surface area (Å²) in [6, 6.07) is 0.823. The number of methoxy groups -OCH3 is 1. The topological polar surface area (TPSA) is 169 Å². The van der Waals surface area contributed by atoms with Crippen LogP contribution < -0.4 is 10.6 Å². The van der Waals surface area contributed by atoms with E-state index in [1.54, 1.807) is 27.9 Å². The molecule has 4 heterocycles. The summed E-state index contributed by atoms with van der Waals surface area (Å²) in [5.74, 6) is -2.23. The van der Waals surface area contributed by atoms with Gasteiger partial charge in [0.15, 0.2) is 10.8 Å². The number of ether oxygens (including phenoxy) is 2. The van der Waals surface area contributed by atoms with Crippen LogP contribution in [-0.4, -0.2) is 81.6 Å². The predicted octanol–water partition coefficient (Wildman–Crippen LogP) is 2.94. The fourth-order valence-electron chi connectivity index (χ4n) is 4.01. The number of hydrogen-bond donors (Lipinski definition) is 3. The molecule has 2 aromatic rings. The lowest BCUT2D eigenvalue weighted by molar-refractivity contribution is -0.149. The first-order valence-corrected chi connectivity index (χ1v) is 14.6. The number of anilines is 1. The van der Waals surface area contributed by atoms with Crippen molar-refractivity contribution in [3.05, 3.63) is 38.7 Å².